The molecular weight excluding hydrogens is 207 g/mol. The van der Waals surface area contributed by atoms with Crippen LogP contribution in [0.4, 0.5) is 10.5 Å². The molecule has 0 saturated heterocycles. The first-order chi connectivity index (χ1) is 6.43. The van der Waals surface area contributed by atoms with Gasteiger partial charge >= 0.3 is 13.8 Å². The van der Waals surface area contributed by atoms with Gasteiger partial charge < -0.3 is 15.5 Å². The Morgan fingerprint density at radius 1 is 1.29 bits per heavy atom. The van der Waals surface area contributed by atoms with E-state index in [4.69, 9.17) is 15.5 Å². The van der Waals surface area contributed by atoms with E-state index in [1.165, 1.54) is 12.1 Å². The predicted molar refractivity (Wildman–Crippen MR) is 50.5 cm³/mol. The summed E-state index contributed by atoms with van der Waals surface area (Å²) in [6, 6.07) is 6.31. The van der Waals surface area contributed by atoms with Crippen LogP contribution in [0.5, 0.6) is 0 Å². The van der Waals surface area contributed by atoms with Gasteiger partial charge in [0.15, 0.2) is 0 Å². The lowest BCUT2D eigenvalue weighted by Gasteiger charge is -2.20. The minimum atomic E-state index is -4.70. The lowest BCUT2D eigenvalue weighted by atomic mass is 10.3. The summed E-state index contributed by atoms with van der Waals surface area (Å²) in [5.41, 5.74) is 4.91. The van der Waals surface area contributed by atoms with Crippen LogP contribution >= 0.6 is 7.75 Å². The van der Waals surface area contributed by atoms with Crippen LogP contribution in [0.2, 0.25) is 0 Å². The number of anilines is 1. The van der Waals surface area contributed by atoms with Gasteiger partial charge in [-0.3, -0.25) is 0 Å². The largest absolute Gasteiger partial charge is 0.438 e. The standard InChI is InChI=1S/C7H9N2O4P/c8-7(10)9(14(11,12)13)6-4-2-1-3-5-6/h1-5H,(H2,8,10)(H2,11,12,13). The van der Waals surface area contributed by atoms with Gasteiger partial charge in [0, 0.05) is 0 Å². The molecule has 1 aromatic rings. The topological polar surface area (TPSA) is 104 Å². The quantitative estimate of drug-likeness (QED) is 0.631. The number of rotatable bonds is 2. The minimum Gasteiger partial charge on any atom is -0.351 e. The molecule has 0 heterocycles. The number of para-hydroxylation sites is 1. The smallest absolute Gasteiger partial charge is 0.351 e. The number of carbonyl (C=O) groups excluding carboxylic acids is 1. The summed E-state index contributed by atoms with van der Waals surface area (Å²) < 4.78 is 11.1. The highest BCUT2D eigenvalue weighted by atomic mass is 31.2. The number of amides is 2. The lowest BCUT2D eigenvalue weighted by molar-refractivity contribution is 0.254. The zero-order valence-corrected chi connectivity index (χ0v) is 7.96. The van der Waals surface area contributed by atoms with Crippen molar-refractivity contribution in [2.75, 3.05) is 4.67 Å². The third kappa shape index (κ3) is 2.32. The van der Waals surface area contributed by atoms with E-state index in [1.807, 2.05) is 0 Å². The fourth-order valence-electron chi connectivity index (χ4n) is 0.975. The van der Waals surface area contributed by atoms with Gasteiger partial charge in [-0.2, -0.15) is 4.67 Å². The Balaban J connectivity index is 3.15. The van der Waals surface area contributed by atoms with Crippen molar-refractivity contribution in [3.63, 3.8) is 0 Å². The monoisotopic (exact) mass is 216 g/mol. The van der Waals surface area contributed by atoms with Crippen molar-refractivity contribution in [2.24, 2.45) is 5.73 Å². The van der Waals surface area contributed by atoms with Crippen LogP contribution in [0.3, 0.4) is 0 Å². The van der Waals surface area contributed by atoms with Crippen LogP contribution in [0, 0.1) is 0 Å². The van der Waals surface area contributed by atoms with Crippen LogP contribution < -0.4 is 10.4 Å². The summed E-state index contributed by atoms with van der Waals surface area (Å²) >= 11 is 0. The second kappa shape index (κ2) is 3.79. The molecule has 1 rings (SSSR count). The molecule has 0 spiro atoms. The third-order valence-corrected chi connectivity index (χ3v) is 2.42. The second-order valence-electron chi connectivity index (χ2n) is 2.50. The van der Waals surface area contributed by atoms with E-state index in [9.17, 15) is 9.36 Å². The Bertz CT molecular complexity index is 375. The zero-order valence-electron chi connectivity index (χ0n) is 7.07. The molecule has 0 radical (unpaired) electrons. The van der Waals surface area contributed by atoms with Crippen LogP contribution in [-0.4, -0.2) is 15.8 Å². The zero-order chi connectivity index (χ0) is 10.8. The summed E-state index contributed by atoms with van der Waals surface area (Å²) in [5.74, 6) is 0. The van der Waals surface area contributed by atoms with Gasteiger partial charge in [0.25, 0.3) is 0 Å². The Kier molecular flexibility index (Phi) is 2.90. The molecule has 1 aromatic carbocycles. The van der Waals surface area contributed by atoms with Crippen molar-refractivity contribution >= 4 is 19.5 Å². The maximum Gasteiger partial charge on any atom is 0.438 e. The number of carbonyl (C=O) groups is 1. The van der Waals surface area contributed by atoms with Crippen LogP contribution in [0.15, 0.2) is 30.3 Å². The van der Waals surface area contributed by atoms with Crippen LogP contribution in [0.1, 0.15) is 0 Å². The molecular formula is C7H9N2O4P. The van der Waals surface area contributed by atoms with Crippen molar-refractivity contribution in [3.05, 3.63) is 30.3 Å². The van der Waals surface area contributed by atoms with Crippen molar-refractivity contribution in [3.8, 4) is 0 Å². The Morgan fingerprint density at radius 2 is 1.79 bits per heavy atom. The van der Waals surface area contributed by atoms with Crippen molar-refractivity contribution < 1.29 is 19.1 Å². The maximum absolute atomic E-state index is 10.9. The first kappa shape index (κ1) is 10.7. The van der Waals surface area contributed by atoms with E-state index < -0.39 is 13.8 Å². The number of hydrogen-bond acceptors (Lipinski definition) is 2. The predicted octanol–water partition coefficient (Wildman–Crippen LogP) is 0.664. The number of urea groups is 1. The highest BCUT2D eigenvalue weighted by Gasteiger charge is 2.30. The maximum atomic E-state index is 10.9. The van der Waals surface area contributed by atoms with Crippen LogP contribution in [0.25, 0.3) is 0 Å². The normalized spacial score (nSPS) is 11.0. The van der Waals surface area contributed by atoms with E-state index in [-0.39, 0.29) is 10.4 Å². The second-order valence-corrected chi connectivity index (χ2v) is 3.93. The fourth-order valence-corrected chi connectivity index (χ4v) is 1.67. The number of primary amides is 1. The number of benzene rings is 1. The van der Waals surface area contributed by atoms with Gasteiger partial charge in [0.1, 0.15) is 0 Å². The Hall–Kier alpha value is -1.36. The number of nitrogens with zero attached hydrogens (tertiary/aromatic N) is 1. The van der Waals surface area contributed by atoms with Gasteiger partial charge in [-0.05, 0) is 12.1 Å². The lowest BCUT2D eigenvalue weighted by Crippen LogP contribution is -2.32. The summed E-state index contributed by atoms with van der Waals surface area (Å²) in [6.07, 6.45) is 0. The van der Waals surface area contributed by atoms with E-state index in [0.717, 1.165) is 0 Å². The highest BCUT2D eigenvalue weighted by Crippen LogP contribution is 2.43. The molecule has 7 heteroatoms. The average molecular weight is 216 g/mol. The van der Waals surface area contributed by atoms with Crippen LogP contribution in [-0.2, 0) is 4.57 Å². The van der Waals surface area contributed by atoms with E-state index in [2.05, 4.69) is 0 Å². The van der Waals surface area contributed by atoms with Gasteiger partial charge in [-0.1, -0.05) is 18.2 Å². The molecule has 14 heavy (non-hydrogen) atoms. The fraction of sp³-hybridized carbons (Fsp3) is 0. The molecule has 6 nitrogen and oxygen atoms in total. The van der Waals surface area contributed by atoms with Gasteiger partial charge in [0.2, 0.25) is 0 Å². The third-order valence-electron chi connectivity index (χ3n) is 1.47. The highest BCUT2D eigenvalue weighted by molar-refractivity contribution is 7.54. The molecule has 0 atom stereocenters. The van der Waals surface area contributed by atoms with E-state index in [0.29, 0.717) is 0 Å². The molecule has 0 aliphatic carbocycles. The van der Waals surface area contributed by atoms with Gasteiger partial charge in [0.05, 0.1) is 5.69 Å². The summed E-state index contributed by atoms with van der Waals surface area (Å²) in [5, 5.41) is 0. The first-order valence-corrected chi connectivity index (χ1v) is 5.20. The van der Waals surface area contributed by atoms with Crippen molar-refractivity contribution in [2.45, 2.75) is 0 Å². The summed E-state index contributed by atoms with van der Waals surface area (Å²) in [4.78, 5) is 28.5. The molecule has 0 unspecified atom stereocenters. The molecule has 0 bridgehead atoms. The van der Waals surface area contributed by atoms with Crippen molar-refractivity contribution in [1.82, 2.24) is 0 Å². The van der Waals surface area contributed by atoms with Gasteiger partial charge in [-0.15, -0.1) is 0 Å². The summed E-state index contributed by atoms with van der Waals surface area (Å²) in [6.45, 7) is 0. The van der Waals surface area contributed by atoms with E-state index in [1.54, 1.807) is 18.2 Å². The SMILES string of the molecule is NC(=O)N(c1ccccc1)P(=O)(O)O. The summed E-state index contributed by atoms with van der Waals surface area (Å²) in [7, 11) is -4.70. The Morgan fingerprint density at radius 3 is 2.14 bits per heavy atom. The molecule has 0 aromatic heterocycles. The van der Waals surface area contributed by atoms with Gasteiger partial charge in [-0.25, -0.2) is 9.36 Å². The Labute approximate surface area is 80.2 Å². The molecule has 4 N–H and O–H groups in total. The molecule has 0 saturated carbocycles. The van der Waals surface area contributed by atoms with Crippen molar-refractivity contribution in [1.29, 1.82) is 0 Å². The average Bonchev–Trinajstić information content (AvgIpc) is 2.02. The minimum absolute atomic E-state index is 0.0633. The number of hydrogen-bond donors (Lipinski definition) is 3. The molecule has 0 fully saturated rings. The molecule has 0 aliphatic heterocycles. The van der Waals surface area contributed by atoms with E-state index >= 15 is 0 Å². The molecule has 0 aliphatic rings. The number of nitrogens with two attached hydrogens (primary N) is 1. The molecule has 76 valence electrons. The molecule has 2 amide bonds. The first-order valence-electron chi connectivity index (χ1n) is 3.63.